The molecule has 150 valence electrons. The molecule has 5 heteroatoms. The number of anilines is 2. The predicted octanol–water partition coefficient (Wildman–Crippen LogP) is 5.32. The number of amides is 1. The highest BCUT2D eigenvalue weighted by Gasteiger charge is 2.07. The van der Waals surface area contributed by atoms with Gasteiger partial charge in [0.15, 0.2) is 0 Å². The average molecular weight is 389 g/mol. The SMILES string of the molecule is CCCCCNC(=O)c1cncc(Nc2ccc(OCc3ccccc3)cc2)c1. The van der Waals surface area contributed by atoms with Crippen LogP contribution in [0.25, 0.3) is 0 Å². The van der Waals surface area contributed by atoms with Crippen LogP contribution in [0.15, 0.2) is 73.1 Å². The van der Waals surface area contributed by atoms with E-state index in [2.05, 4.69) is 22.5 Å². The van der Waals surface area contributed by atoms with Gasteiger partial charge < -0.3 is 15.4 Å². The number of carbonyl (C=O) groups is 1. The van der Waals surface area contributed by atoms with Gasteiger partial charge in [-0.2, -0.15) is 0 Å². The molecule has 3 rings (SSSR count). The van der Waals surface area contributed by atoms with E-state index in [1.807, 2.05) is 60.7 Å². The molecule has 0 unspecified atom stereocenters. The predicted molar refractivity (Wildman–Crippen MR) is 117 cm³/mol. The van der Waals surface area contributed by atoms with Crippen molar-refractivity contribution in [2.45, 2.75) is 32.8 Å². The zero-order valence-corrected chi connectivity index (χ0v) is 16.7. The number of unbranched alkanes of at least 4 members (excludes halogenated alkanes) is 2. The van der Waals surface area contributed by atoms with Crippen molar-refractivity contribution in [1.29, 1.82) is 0 Å². The van der Waals surface area contributed by atoms with Crippen LogP contribution >= 0.6 is 0 Å². The Morgan fingerprint density at radius 1 is 0.966 bits per heavy atom. The van der Waals surface area contributed by atoms with Crippen LogP contribution in [0.1, 0.15) is 42.1 Å². The Morgan fingerprint density at radius 3 is 2.52 bits per heavy atom. The maximum absolute atomic E-state index is 12.3. The summed E-state index contributed by atoms with van der Waals surface area (Å²) in [7, 11) is 0. The third kappa shape index (κ3) is 6.64. The molecule has 0 aliphatic rings. The van der Waals surface area contributed by atoms with Gasteiger partial charge in [-0.15, -0.1) is 0 Å². The van der Waals surface area contributed by atoms with Gasteiger partial charge in [0.05, 0.1) is 17.4 Å². The van der Waals surface area contributed by atoms with Gasteiger partial charge in [-0.05, 0) is 42.3 Å². The van der Waals surface area contributed by atoms with Crippen LogP contribution in [-0.2, 0) is 6.61 Å². The Kier molecular flexibility index (Phi) is 7.63. The summed E-state index contributed by atoms with van der Waals surface area (Å²) in [6, 6.07) is 19.6. The molecule has 0 aliphatic heterocycles. The molecule has 0 fully saturated rings. The summed E-state index contributed by atoms with van der Waals surface area (Å²) in [5.74, 6) is 0.708. The van der Waals surface area contributed by atoms with Crippen LogP contribution in [-0.4, -0.2) is 17.4 Å². The van der Waals surface area contributed by atoms with Gasteiger partial charge >= 0.3 is 0 Å². The van der Waals surface area contributed by atoms with Gasteiger partial charge in [0.2, 0.25) is 0 Å². The van der Waals surface area contributed by atoms with Crippen LogP contribution in [0.3, 0.4) is 0 Å². The second-order valence-corrected chi connectivity index (χ2v) is 6.85. The van der Waals surface area contributed by atoms with E-state index in [4.69, 9.17) is 4.74 Å². The summed E-state index contributed by atoms with van der Waals surface area (Å²) in [5.41, 5.74) is 3.35. The standard InChI is InChI=1S/C24H27N3O2/c1-2-3-7-14-26-24(28)20-15-22(17-25-16-20)27-21-10-12-23(13-11-21)29-18-19-8-5-4-6-9-19/h4-6,8-13,15-17,27H,2-3,7,14,18H2,1H3,(H,26,28). The molecule has 5 nitrogen and oxygen atoms in total. The first-order valence-electron chi connectivity index (χ1n) is 10.0. The van der Waals surface area contributed by atoms with Gasteiger partial charge in [0, 0.05) is 18.4 Å². The van der Waals surface area contributed by atoms with Gasteiger partial charge in [0.1, 0.15) is 12.4 Å². The van der Waals surface area contributed by atoms with E-state index in [0.29, 0.717) is 18.7 Å². The number of nitrogens with zero attached hydrogens (tertiary/aromatic N) is 1. The Balaban J connectivity index is 1.53. The van der Waals surface area contributed by atoms with E-state index in [0.717, 1.165) is 42.0 Å². The molecule has 1 aromatic heterocycles. The minimum atomic E-state index is -0.0955. The molecule has 1 heterocycles. The fraction of sp³-hybridized carbons (Fsp3) is 0.250. The first kappa shape index (κ1) is 20.4. The molecule has 0 spiro atoms. The minimum absolute atomic E-state index is 0.0955. The number of aromatic nitrogens is 1. The first-order valence-corrected chi connectivity index (χ1v) is 10.0. The maximum Gasteiger partial charge on any atom is 0.252 e. The van der Waals surface area contributed by atoms with Crippen molar-refractivity contribution in [3.8, 4) is 5.75 Å². The Labute approximate surface area is 172 Å². The minimum Gasteiger partial charge on any atom is -0.489 e. The van der Waals surface area contributed by atoms with Crippen molar-refractivity contribution in [2.75, 3.05) is 11.9 Å². The van der Waals surface area contributed by atoms with E-state index >= 15 is 0 Å². The molecule has 0 saturated carbocycles. The third-order valence-corrected chi connectivity index (χ3v) is 4.46. The number of carbonyl (C=O) groups excluding carboxylic acids is 1. The normalized spacial score (nSPS) is 10.4. The lowest BCUT2D eigenvalue weighted by molar-refractivity contribution is 0.0952. The molecular weight excluding hydrogens is 362 g/mol. The van der Waals surface area contributed by atoms with Gasteiger partial charge in [-0.3, -0.25) is 9.78 Å². The molecule has 29 heavy (non-hydrogen) atoms. The van der Waals surface area contributed by atoms with E-state index in [-0.39, 0.29) is 5.91 Å². The molecule has 0 aliphatic carbocycles. The second kappa shape index (κ2) is 10.9. The summed E-state index contributed by atoms with van der Waals surface area (Å²) < 4.78 is 5.81. The van der Waals surface area contributed by atoms with E-state index in [1.165, 1.54) is 0 Å². The van der Waals surface area contributed by atoms with Crippen LogP contribution in [0.5, 0.6) is 5.75 Å². The van der Waals surface area contributed by atoms with Gasteiger partial charge in [-0.1, -0.05) is 50.1 Å². The highest BCUT2D eigenvalue weighted by molar-refractivity contribution is 5.94. The smallest absolute Gasteiger partial charge is 0.252 e. The topological polar surface area (TPSA) is 63.2 Å². The van der Waals surface area contributed by atoms with E-state index in [9.17, 15) is 4.79 Å². The van der Waals surface area contributed by atoms with Crippen LogP contribution in [0, 0.1) is 0 Å². The number of rotatable bonds is 10. The molecule has 0 radical (unpaired) electrons. The van der Waals surface area contributed by atoms with Crippen molar-refractivity contribution in [3.05, 3.63) is 84.2 Å². The Bertz CT molecular complexity index is 896. The lowest BCUT2D eigenvalue weighted by Crippen LogP contribution is -2.24. The molecule has 0 bridgehead atoms. The zero-order valence-electron chi connectivity index (χ0n) is 16.7. The molecular formula is C24H27N3O2. The fourth-order valence-electron chi connectivity index (χ4n) is 2.85. The van der Waals surface area contributed by atoms with Crippen LogP contribution < -0.4 is 15.4 Å². The molecule has 0 atom stereocenters. The molecule has 2 N–H and O–H groups in total. The number of hydrogen-bond donors (Lipinski definition) is 2. The Hall–Kier alpha value is -3.34. The third-order valence-electron chi connectivity index (χ3n) is 4.46. The fourth-order valence-corrected chi connectivity index (χ4v) is 2.85. The summed E-state index contributed by atoms with van der Waals surface area (Å²) in [5, 5.41) is 6.22. The molecule has 3 aromatic rings. The van der Waals surface area contributed by atoms with Crippen molar-refractivity contribution in [1.82, 2.24) is 10.3 Å². The van der Waals surface area contributed by atoms with Crippen molar-refractivity contribution in [3.63, 3.8) is 0 Å². The molecule has 1 amide bonds. The summed E-state index contributed by atoms with van der Waals surface area (Å²) in [4.78, 5) is 16.4. The van der Waals surface area contributed by atoms with Crippen LogP contribution in [0.2, 0.25) is 0 Å². The monoisotopic (exact) mass is 389 g/mol. The Morgan fingerprint density at radius 2 is 1.76 bits per heavy atom. The number of hydrogen-bond acceptors (Lipinski definition) is 4. The molecule has 0 saturated heterocycles. The number of nitrogens with one attached hydrogen (secondary N) is 2. The van der Waals surface area contributed by atoms with Crippen molar-refractivity contribution >= 4 is 17.3 Å². The van der Waals surface area contributed by atoms with Crippen molar-refractivity contribution in [2.24, 2.45) is 0 Å². The quantitative estimate of drug-likeness (QED) is 0.460. The summed E-state index contributed by atoms with van der Waals surface area (Å²) >= 11 is 0. The number of pyridine rings is 1. The average Bonchev–Trinajstić information content (AvgIpc) is 2.77. The van der Waals surface area contributed by atoms with E-state index in [1.54, 1.807) is 12.4 Å². The summed E-state index contributed by atoms with van der Waals surface area (Å²) in [6.45, 7) is 3.37. The van der Waals surface area contributed by atoms with E-state index < -0.39 is 0 Å². The van der Waals surface area contributed by atoms with Crippen molar-refractivity contribution < 1.29 is 9.53 Å². The summed E-state index contributed by atoms with van der Waals surface area (Å²) in [6.07, 6.45) is 6.53. The maximum atomic E-state index is 12.3. The number of benzene rings is 2. The first-order chi connectivity index (χ1) is 14.2. The molecule has 2 aromatic carbocycles. The van der Waals surface area contributed by atoms with Gasteiger partial charge in [-0.25, -0.2) is 0 Å². The second-order valence-electron chi connectivity index (χ2n) is 6.85. The zero-order chi connectivity index (χ0) is 20.3. The number of ether oxygens (including phenoxy) is 1. The lowest BCUT2D eigenvalue weighted by atomic mass is 10.2. The largest absolute Gasteiger partial charge is 0.489 e. The lowest BCUT2D eigenvalue weighted by Gasteiger charge is -2.10. The van der Waals surface area contributed by atoms with Crippen LogP contribution in [0.4, 0.5) is 11.4 Å². The highest BCUT2D eigenvalue weighted by Crippen LogP contribution is 2.21. The highest BCUT2D eigenvalue weighted by atomic mass is 16.5. The van der Waals surface area contributed by atoms with Gasteiger partial charge in [0.25, 0.3) is 5.91 Å².